The summed E-state index contributed by atoms with van der Waals surface area (Å²) in [7, 11) is 0. The molecule has 0 saturated heterocycles. The Morgan fingerprint density at radius 2 is 1.92 bits per heavy atom. The van der Waals surface area contributed by atoms with Crippen molar-refractivity contribution in [2.45, 2.75) is 57.6 Å². The molecule has 2 aliphatic rings. The quantitative estimate of drug-likeness (QED) is 0.624. The van der Waals surface area contributed by atoms with E-state index in [-0.39, 0.29) is 18.1 Å². The molecule has 5 nitrogen and oxygen atoms in total. The molecule has 6 heteroatoms. The van der Waals surface area contributed by atoms with Gasteiger partial charge in [-0.3, -0.25) is 0 Å². The molecule has 2 amide bonds. The van der Waals surface area contributed by atoms with Gasteiger partial charge in [0.25, 0.3) is 0 Å². The Labute approximate surface area is 152 Å². The highest BCUT2D eigenvalue weighted by Crippen LogP contribution is 2.30. The average Bonchev–Trinajstić information content (AvgIpc) is 2.82. The summed E-state index contributed by atoms with van der Waals surface area (Å²) in [5, 5.41) is 6.03. The highest BCUT2D eigenvalue weighted by Gasteiger charge is 2.33. The number of urea groups is 1. The van der Waals surface area contributed by atoms with Crippen LogP contribution in [0.1, 0.15) is 57.1 Å². The fourth-order valence-electron chi connectivity index (χ4n) is 3.48. The number of rotatable bonds is 3. The molecule has 3 rings (SSSR count). The summed E-state index contributed by atoms with van der Waals surface area (Å²) in [6, 6.07) is 6.25. The van der Waals surface area contributed by atoms with Gasteiger partial charge >= 0.3 is 12.0 Å². The second-order valence-electron chi connectivity index (χ2n) is 6.64. The number of hydrogen-bond donors (Lipinski definition) is 2. The van der Waals surface area contributed by atoms with E-state index in [2.05, 4.69) is 10.6 Å². The van der Waals surface area contributed by atoms with Gasteiger partial charge in [-0.1, -0.05) is 36.6 Å². The van der Waals surface area contributed by atoms with E-state index < -0.39 is 6.04 Å². The minimum atomic E-state index is -0.564. The SMILES string of the molecule is CC1=C(C(=O)OC2CCCCCC2)[C@H](c2cccc(Cl)c2)NC(=O)N1. The lowest BCUT2D eigenvalue weighted by Gasteiger charge is -2.29. The average molecular weight is 363 g/mol. The van der Waals surface area contributed by atoms with Gasteiger partial charge in [0.15, 0.2) is 0 Å². The van der Waals surface area contributed by atoms with Gasteiger partial charge in [0, 0.05) is 10.7 Å². The number of amides is 2. The Balaban J connectivity index is 1.85. The first-order valence-electron chi connectivity index (χ1n) is 8.79. The fourth-order valence-corrected chi connectivity index (χ4v) is 3.67. The molecule has 134 valence electrons. The van der Waals surface area contributed by atoms with Crippen LogP contribution in [0.15, 0.2) is 35.5 Å². The van der Waals surface area contributed by atoms with Crippen molar-refractivity contribution in [3.8, 4) is 0 Å². The van der Waals surface area contributed by atoms with E-state index in [9.17, 15) is 9.59 Å². The summed E-state index contributed by atoms with van der Waals surface area (Å²) in [5.41, 5.74) is 1.72. The largest absolute Gasteiger partial charge is 0.459 e. The summed E-state index contributed by atoms with van der Waals surface area (Å²) in [4.78, 5) is 24.8. The summed E-state index contributed by atoms with van der Waals surface area (Å²) in [6.45, 7) is 1.72. The Kier molecular flexibility index (Phi) is 5.63. The third kappa shape index (κ3) is 4.34. The predicted molar refractivity (Wildman–Crippen MR) is 96.1 cm³/mol. The summed E-state index contributed by atoms with van der Waals surface area (Å²) in [5.74, 6) is -0.373. The third-order valence-corrected chi connectivity index (χ3v) is 4.98. The first-order chi connectivity index (χ1) is 12.0. The van der Waals surface area contributed by atoms with Crippen LogP contribution in [0.25, 0.3) is 0 Å². The number of hydrogen-bond acceptors (Lipinski definition) is 3. The van der Waals surface area contributed by atoms with Gasteiger partial charge in [-0.05, 0) is 50.3 Å². The van der Waals surface area contributed by atoms with Crippen molar-refractivity contribution in [2.24, 2.45) is 0 Å². The molecule has 0 spiro atoms. The number of carbonyl (C=O) groups is 2. The maximum atomic E-state index is 12.9. The molecule has 0 radical (unpaired) electrons. The molecule has 1 heterocycles. The standard InChI is InChI=1S/C19H23ClN2O3/c1-12-16(18(23)25-15-9-4-2-3-5-10-15)17(22-19(24)21-12)13-7-6-8-14(20)11-13/h6-8,11,15,17H,2-5,9-10H2,1H3,(H2,21,22,24)/t17-/m0/s1. The van der Waals surface area contributed by atoms with Crippen molar-refractivity contribution < 1.29 is 14.3 Å². The second-order valence-corrected chi connectivity index (χ2v) is 7.08. The van der Waals surface area contributed by atoms with E-state index in [1.165, 1.54) is 12.8 Å². The van der Waals surface area contributed by atoms with Crippen LogP contribution in [-0.4, -0.2) is 18.1 Å². The predicted octanol–water partition coefficient (Wildman–Crippen LogP) is 4.23. The lowest BCUT2D eigenvalue weighted by molar-refractivity contribution is -0.145. The summed E-state index contributed by atoms with van der Waals surface area (Å²) in [6.07, 6.45) is 6.31. The molecule has 1 aliphatic carbocycles. The maximum absolute atomic E-state index is 12.9. The molecule has 1 aliphatic heterocycles. The second kappa shape index (κ2) is 7.91. The Bertz CT molecular complexity index is 694. The molecule has 0 aromatic heterocycles. The van der Waals surface area contributed by atoms with Crippen LogP contribution in [0.2, 0.25) is 5.02 Å². The Hall–Kier alpha value is -2.01. The molecule has 2 N–H and O–H groups in total. The summed E-state index contributed by atoms with van der Waals surface area (Å²) < 4.78 is 5.78. The third-order valence-electron chi connectivity index (χ3n) is 4.75. The van der Waals surface area contributed by atoms with Crippen LogP contribution >= 0.6 is 11.6 Å². The Morgan fingerprint density at radius 3 is 2.60 bits per heavy atom. The van der Waals surface area contributed by atoms with E-state index in [0.717, 1.165) is 31.2 Å². The van der Waals surface area contributed by atoms with Gasteiger partial charge in [0.2, 0.25) is 0 Å². The van der Waals surface area contributed by atoms with Crippen molar-refractivity contribution in [1.29, 1.82) is 0 Å². The van der Waals surface area contributed by atoms with Crippen LogP contribution in [0.4, 0.5) is 4.79 Å². The van der Waals surface area contributed by atoms with Crippen LogP contribution in [0.3, 0.4) is 0 Å². The van der Waals surface area contributed by atoms with Crippen molar-refractivity contribution >= 4 is 23.6 Å². The number of esters is 1. The molecule has 1 atom stereocenters. The zero-order valence-electron chi connectivity index (χ0n) is 14.3. The molecule has 1 aromatic carbocycles. The van der Waals surface area contributed by atoms with Crippen molar-refractivity contribution in [3.63, 3.8) is 0 Å². The molecular formula is C19H23ClN2O3. The number of allylic oxidation sites excluding steroid dienone is 1. The number of carbonyl (C=O) groups excluding carboxylic acids is 2. The molecule has 0 bridgehead atoms. The number of halogens is 1. The topological polar surface area (TPSA) is 67.4 Å². The maximum Gasteiger partial charge on any atom is 0.338 e. The van der Waals surface area contributed by atoms with Gasteiger partial charge in [-0.25, -0.2) is 9.59 Å². The van der Waals surface area contributed by atoms with E-state index in [1.807, 2.05) is 6.07 Å². The van der Waals surface area contributed by atoms with Gasteiger partial charge in [0.05, 0.1) is 11.6 Å². The molecule has 1 fully saturated rings. The highest BCUT2D eigenvalue weighted by atomic mass is 35.5. The normalized spacial score (nSPS) is 22.0. The van der Waals surface area contributed by atoms with Gasteiger partial charge < -0.3 is 15.4 Å². The smallest absolute Gasteiger partial charge is 0.338 e. The van der Waals surface area contributed by atoms with Gasteiger partial charge in [-0.2, -0.15) is 0 Å². The first kappa shape index (κ1) is 17.8. The molecule has 1 aromatic rings. The molecule has 25 heavy (non-hydrogen) atoms. The van der Waals surface area contributed by atoms with Gasteiger partial charge in [0.1, 0.15) is 6.10 Å². The van der Waals surface area contributed by atoms with Crippen LogP contribution < -0.4 is 10.6 Å². The molecule has 1 saturated carbocycles. The number of nitrogens with one attached hydrogen (secondary N) is 2. The minimum absolute atomic E-state index is 0.0482. The summed E-state index contributed by atoms with van der Waals surface area (Å²) >= 11 is 6.08. The molecule has 0 unspecified atom stereocenters. The zero-order chi connectivity index (χ0) is 17.8. The number of ether oxygens (including phenoxy) is 1. The van der Waals surface area contributed by atoms with Gasteiger partial charge in [-0.15, -0.1) is 0 Å². The zero-order valence-corrected chi connectivity index (χ0v) is 15.1. The van der Waals surface area contributed by atoms with Crippen LogP contribution in [0, 0.1) is 0 Å². The van der Waals surface area contributed by atoms with Crippen LogP contribution in [-0.2, 0) is 9.53 Å². The van der Waals surface area contributed by atoms with E-state index in [0.29, 0.717) is 16.3 Å². The van der Waals surface area contributed by atoms with Crippen molar-refractivity contribution in [2.75, 3.05) is 0 Å². The lowest BCUT2D eigenvalue weighted by Crippen LogP contribution is -2.45. The first-order valence-corrected chi connectivity index (χ1v) is 9.17. The van der Waals surface area contributed by atoms with E-state index in [4.69, 9.17) is 16.3 Å². The number of benzene rings is 1. The Morgan fingerprint density at radius 1 is 1.20 bits per heavy atom. The lowest BCUT2D eigenvalue weighted by atomic mass is 9.95. The van der Waals surface area contributed by atoms with Crippen LogP contribution in [0.5, 0.6) is 0 Å². The monoisotopic (exact) mass is 362 g/mol. The van der Waals surface area contributed by atoms with Crippen molar-refractivity contribution in [1.82, 2.24) is 10.6 Å². The van der Waals surface area contributed by atoms with E-state index in [1.54, 1.807) is 25.1 Å². The molecular weight excluding hydrogens is 340 g/mol. The minimum Gasteiger partial charge on any atom is -0.459 e. The van der Waals surface area contributed by atoms with Crippen molar-refractivity contribution in [3.05, 3.63) is 46.1 Å². The fraction of sp³-hybridized carbons (Fsp3) is 0.474. The van der Waals surface area contributed by atoms with E-state index >= 15 is 0 Å². The highest BCUT2D eigenvalue weighted by molar-refractivity contribution is 6.30.